The molecule has 0 unspecified atom stereocenters. The SMILES string of the molecule is COc1ccc([C@H](OC(=O)c2ccc(F)cc2)c2nccc3ccccc23)cc1. The molecule has 0 radical (unpaired) electrons. The van der Waals surface area contributed by atoms with Crippen molar-refractivity contribution < 1.29 is 18.7 Å². The third-order valence-electron chi connectivity index (χ3n) is 4.68. The topological polar surface area (TPSA) is 48.4 Å². The van der Waals surface area contributed by atoms with Crippen molar-refractivity contribution in [1.29, 1.82) is 0 Å². The van der Waals surface area contributed by atoms with Crippen LogP contribution in [0.25, 0.3) is 10.8 Å². The molecule has 0 aliphatic rings. The first-order valence-corrected chi connectivity index (χ1v) is 9.10. The van der Waals surface area contributed by atoms with Crippen LogP contribution < -0.4 is 4.74 Å². The van der Waals surface area contributed by atoms with Crippen LogP contribution in [0.5, 0.6) is 5.75 Å². The Morgan fingerprint density at radius 3 is 2.38 bits per heavy atom. The fourth-order valence-corrected chi connectivity index (χ4v) is 3.17. The number of esters is 1. The highest BCUT2D eigenvalue weighted by atomic mass is 19.1. The van der Waals surface area contributed by atoms with E-state index in [0.29, 0.717) is 11.4 Å². The average Bonchev–Trinajstić information content (AvgIpc) is 2.77. The Labute approximate surface area is 167 Å². The summed E-state index contributed by atoms with van der Waals surface area (Å²) in [6.07, 6.45) is 0.962. The lowest BCUT2D eigenvalue weighted by atomic mass is 10.0. The molecular formula is C24H18FNO3. The summed E-state index contributed by atoms with van der Waals surface area (Å²) < 4.78 is 24.3. The number of rotatable bonds is 5. The molecule has 4 aromatic rings. The molecule has 0 bridgehead atoms. The second kappa shape index (κ2) is 8.10. The Balaban J connectivity index is 1.78. The molecule has 1 aromatic heterocycles. The van der Waals surface area contributed by atoms with Gasteiger partial charge in [-0.05, 0) is 53.4 Å². The Kier molecular flexibility index (Phi) is 5.20. The van der Waals surface area contributed by atoms with Gasteiger partial charge in [0.25, 0.3) is 0 Å². The van der Waals surface area contributed by atoms with Crippen molar-refractivity contribution in [2.24, 2.45) is 0 Å². The van der Waals surface area contributed by atoms with Crippen molar-refractivity contribution >= 4 is 16.7 Å². The smallest absolute Gasteiger partial charge is 0.339 e. The maximum absolute atomic E-state index is 13.2. The van der Waals surface area contributed by atoms with Crippen molar-refractivity contribution in [3.05, 3.63) is 108 Å². The molecule has 0 spiro atoms. The van der Waals surface area contributed by atoms with Gasteiger partial charge in [-0.25, -0.2) is 9.18 Å². The molecule has 29 heavy (non-hydrogen) atoms. The van der Waals surface area contributed by atoms with Gasteiger partial charge in [-0.3, -0.25) is 4.98 Å². The van der Waals surface area contributed by atoms with E-state index >= 15 is 0 Å². The van der Waals surface area contributed by atoms with Gasteiger partial charge in [0.05, 0.1) is 18.4 Å². The van der Waals surface area contributed by atoms with Crippen molar-refractivity contribution in [2.75, 3.05) is 7.11 Å². The van der Waals surface area contributed by atoms with Gasteiger partial charge in [-0.15, -0.1) is 0 Å². The molecule has 0 N–H and O–H groups in total. The third-order valence-corrected chi connectivity index (χ3v) is 4.68. The molecule has 4 rings (SSSR count). The first-order chi connectivity index (χ1) is 14.2. The number of halogens is 1. The molecule has 0 saturated carbocycles. The second-order valence-electron chi connectivity index (χ2n) is 6.48. The predicted molar refractivity (Wildman–Crippen MR) is 108 cm³/mol. The van der Waals surface area contributed by atoms with Gasteiger partial charge < -0.3 is 9.47 Å². The van der Waals surface area contributed by atoms with E-state index in [1.807, 2.05) is 42.5 Å². The fraction of sp³-hybridized carbons (Fsp3) is 0.0833. The van der Waals surface area contributed by atoms with E-state index in [4.69, 9.17) is 9.47 Å². The molecule has 1 atom stereocenters. The van der Waals surface area contributed by atoms with E-state index in [9.17, 15) is 9.18 Å². The number of ether oxygens (including phenoxy) is 2. The van der Waals surface area contributed by atoms with Gasteiger partial charge in [0.1, 0.15) is 11.6 Å². The van der Waals surface area contributed by atoms with Gasteiger partial charge in [0.2, 0.25) is 0 Å². The number of aromatic nitrogens is 1. The largest absolute Gasteiger partial charge is 0.497 e. The zero-order valence-electron chi connectivity index (χ0n) is 15.7. The monoisotopic (exact) mass is 387 g/mol. The fourth-order valence-electron chi connectivity index (χ4n) is 3.17. The Bertz CT molecular complexity index is 1140. The molecule has 0 amide bonds. The van der Waals surface area contributed by atoms with Gasteiger partial charge >= 0.3 is 5.97 Å². The number of carbonyl (C=O) groups excluding carboxylic acids is 1. The lowest BCUT2D eigenvalue weighted by Crippen LogP contribution is -2.14. The molecule has 0 aliphatic carbocycles. The molecule has 1 heterocycles. The van der Waals surface area contributed by atoms with E-state index in [2.05, 4.69) is 4.98 Å². The summed E-state index contributed by atoms with van der Waals surface area (Å²) in [5, 5.41) is 1.89. The van der Waals surface area contributed by atoms with Crippen LogP contribution in [0.3, 0.4) is 0 Å². The van der Waals surface area contributed by atoms with Crippen LogP contribution in [-0.4, -0.2) is 18.1 Å². The number of benzene rings is 3. The number of methoxy groups -OCH3 is 1. The number of pyridine rings is 1. The van der Waals surface area contributed by atoms with Crippen LogP contribution in [0.2, 0.25) is 0 Å². The summed E-state index contributed by atoms with van der Waals surface area (Å²) in [6.45, 7) is 0. The van der Waals surface area contributed by atoms with Gasteiger partial charge in [0, 0.05) is 11.6 Å². The van der Waals surface area contributed by atoms with Crippen molar-refractivity contribution in [2.45, 2.75) is 6.10 Å². The average molecular weight is 387 g/mol. The summed E-state index contributed by atoms with van der Waals surface area (Å²) >= 11 is 0. The zero-order chi connectivity index (χ0) is 20.2. The Hall–Kier alpha value is -3.73. The Morgan fingerprint density at radius 1 is 0.931 bits per heavy atom. The van der Waals surface area contributed by atoms with E-state index in [0.717, 1.165) is 16.3 Å². The lowest BCUT2D eigenvalue weighted by Gasteiger charge is -2.20. The summed E-state index contributed by atoms with van der Waals surface area (Å²) in [6, 6.07) is 22.2. The molecule has 0 aliphatic heterocycles. The van der Waals surface area contributed by atoms with Crippen molar-refractivity contribution in [1.82, 2.24) is 4.98 Å². The minimum Gasteiger partial charge on any atom is -0.497 e. The van der Waals surface area contributed by atoms with Crippen LogP contribution in [0, 0.1) is 5.82 Å². The minimum atomic E-state index is -0.732. The summed E-state index contributed by atoms with van der Waals surface area (Å²) in [5.41, 5.74) is 1.65. The maximum atomic E-state index is 13.2. The van der Waals surface area contributed by atoms with Crippen LogP contribution in [0.1, 0.15) is 27.7 Å². The van der Waals surface area contributed by atoms with E-state index in [1.54, 1.807) is 25.4 Å². The van der Waals surface area contributed by atoms with Crippen molar-refractivity contribution in [3.63, 3.8) is 0 Å². The maximum Gasteiger partial charge on any atom is 0.339 e. The van der Waals surface area contributed by atoms with Gasteiger partial charge in [-0.1, -0.05) is 36.4 Å². The third kappa shape index (κ3) is 3.94. The number of carbonyl (C=O) groups is 1. The molecule has 5 heteroatoms. The summed E-state index contributed by atoms with van der Waals surface area (Å²) in [5.74, 6) is -0.271. The van der Waals surface area contributed by atoms with E-state index < -0.39 is 17.9 Å². The highest BCUT2D eigenvalue weighted by molar-refractivity contribution is 5.90. The summed E-state index contributed by atoms with van der Waals surface area (Å²) in [7, 11) is 1.59. The standard InChI is InChI=1S/C24H18FNO3/c1-28-20-12-8-17(9-13-20)23(29-24(27)18-6-10-19(25)11-7-18)22-21-5-3-2-4-16(21)14-15-26-22/h2-15,23H,1H3/t23-/m0/s1. The first-order valence-electron chi connectivity index (χ1n) is 9.10. The van der Waals surface area contributed by atoms with E-state index in [1.165, 1.54) is 24.3 Å². The number of fused-ring (bicyclic) bond motifs is 1. The van der Waals surface area contributed by atoms with Crippen molar-refractivity contribution in [3.8, 4) is 5.75 Å². The van der Waals surface area contributed by atoms with Crippen LogP contribution in [0.4, 0.5) is 4.39 Å². The second-order valence-corrected chi connectivity index (χ2v) is 6.48. The van der Waals surface area contributed by atoms with Gasteiger partial charge in [-0.2, -0.15) is 0 Å². The molecule has 144 valence electrons. The highest BCUT2D eigenvalue weighted by Gasteiger charge is 2.23. The van der Waals surface area contributed by atoms with Gasteiger partial charge in [0.15, 0.2) is 6.10 Å². The molecule has 0 saturated heterocycles. The summed E-state index contributed by atoms with van der Waals surface area (Å²) in [4.78, 5) is 17.3. The highest BCUT2D eigenvalue weighted by Crippen LogP contribution is 2.32. The van der Waals surface area contributed by atoms with Crippen LogP contribution in [-0.2, 0) is 4.74 Å². The number of nitrogens with zero attached hydrogens (tertiary/aromatic N) is 1. The molecule has 3 aromatic carbocycles. The predicted octanol–water partition coefficient (Wildman–Crippen LogP) is 5.33. The number of hydrogen-bond donors (Lipinski definition) is 0. The van der Waals surface area contributed by atoms with Crippen LogP contribution in [0.15, 0.2) is 85.1 Å². The molecule has 4 nitrogen and oxygen atoms in total. The minimum absolute atomic E-state index is 0.269. The van der Waals surface area contributed by atoms with Crippen LogP contribution >= 0.6 is 0 Å². The lowest BCUT2D eigenvalue weighted by molar-refractivity contribution is 0.0373. The number of hydrogen-bond acceptors (Lipinski definition) is 4. The van der Waals surface area contributed by atoms with E-state index in [-0.39, 0.29) is 5.56 Å². The first kappa shape index (κ1) is 18.6. The molecule has 0 fully saturated rings. The Morgan fingerprint density at radius 2 is 1.66 bits per heavy atom. The normalized spacial score (nSPS) is 11.8. The molecular weight excluding hydrogens is 369 g/mol. The zero-order valence-corrected chi connectivity index (χ0v) is 15.7. The quantitative estimate of drug-likeness (QED) is 0.434.